The van der Waals surface area contributed by atoms with Crippen molar-refractivity contribution in [3.8, 4) is 0 Å². The Morgan fingerprint density at radius 2 is 0.611 bits per heavy atom. The van der Waals surface area contributed by atoms with E-state index in [0.29, 0.717) is 24.7 Å². The lowest BCUT2D eigenvalue weighted by Gasteiger charge is -2.34. The molecule has 318 valence electrons. The first-order chi connectivity index (χ1) is 24.6. The summed E-state index contributed by atoms with van der Waals surface area (Å²) in [5, 5.41) is 0. The van der Waals surface area contributed by atoms with E-state index < -0.39 is 16.8 Å². The zero-order valence-corrected chi connectivity index (χ0v) is 37.2. The zero-order chi connectivity index (χ0) is 43.0. The van der Waals surface area contributed by atoms with Crippen LogP contribution in [0.5, 0.6) is 0 Å². The quantitative estimate of drug-likeness (QED) is 0.0805. The zero-order valence-electron chi connectivity index (χ0n) is 37.2. The molecule has 0 spiro atoms. The van der Waals surface area contributed by atoms with Crippen molar-refractivity contribution in [1.82, 2.24) is 0 Å². The fraction of sp³-hybridized carbons (Fsp3) is 0.857. The number of rotatable bonds is 21. The molecule has 0 radical (unpaired) electrons. The summed E-state index contributed by atoms with van der Waals surface area (Å²) in [6, 6.07) is 0. The van der Waals surface area contributed by atoms with Crippen LogP contribution in [0.4, 0.5) is 0 Å². The summed E-state index contributed by atoms with van der Waals surface area (Å²) in [6.45, 7) is 32.1. The maximum Gasteiger partial charge on any atom is 0.303 e. The Balaban J connectivity index is -0.000000722. The molecular weight excluding hydrogens is 696 g/mol. The summed E-state index contributed by atoms with van der Waals surface area (Å²) in [7, 11) is 0. The van der Waals surface area contributed by atoms with Gasteiger partial charge in [-0.3, -0.25) is 28.8 Å². The van der Waals surface area contributed by atoms with Gasteiger partial charge in [0.25, 0.3) is 0 Å². The van der Waals surface area contributed by atoms with Crippen LogP contribution in [0.3, 0.4) is 0 Å². The van der Waals surface area contributed by atoms with Gasteiger partial charge in [-0.15, -0.1) is 0 Å². The van der Waals surface area contributed by atoms with Gasteiger partial charge in [-0.05, 0) is 117 Å². The van der Waals surface area contributed by atoms with E-state index in [1.807, 2.05) is 69.2 Å². The maximum absolute atomic E-state index is 11.1. The Morgan fingerprint density at radius 1 is 0.389 bits per heavy atom. The second-order valence-corrected chi connectivity index (χ2v) is 15.7. The molecule has 0 aliphatic rings. The third kappa shape index (κ3) is 28.3. The lowest BCUT2D eigenvalue weighted by atomic mass is 9.88. The lowest BCUT2D eigenvalue weighted by molar-refractivity contribution is -0.164. The van der Waals surface area contributed by atoms with Crippen molar-refractivity contribution in [1.29, 1.82) is 0 Å². The van der Waals surface area contributed by atoms with Gasteiger partial charge in [-0.2, -0.15) is 0 Å². The van der Waals surface area contributed by atoms with Gasteiger partial charge >= 0.3 is 35.8 Å². The number of hydrogen-bond acceptors (Lipinski definition) is 12. The molecule has 0 amide bonds. The standard InChI is InChI=1S/3C14H26O4/c1-9(11(3)17-13(5)15)7-8-10(2)12(4)18-14(6)16;1-7-14(6,18-13(5)16)9-8-10(2)11(3)17-12(4)15;1-7-13(5,17-11(3)15)9-10-14(6,8-2)18-12(4)16/h9-12H,7-8H2,1-6H3;10-11H,7-9H2,1-6H3;7-10H2,1-6H3. The van der Waals surface area contributed by atoms with Gasteiger partial charge in [0.1, 0.15) is 35.1 Å². The van der Waals surface area contributed by atoms with Crippen LogP contribution in [0, 0.1) is 17.8 Å². The van der Waals surface area contributed by atoms with Crippen molar-refractivity contribution in [2.24, 2.45) is 17.8 Å². The molecule has 12 heteroatoms. The Bertz CT molecular complexity index is 1080. The first-order valence-electron chi connectivity index (χ1n) is 19.7. The Kier molecular flexibility index (Phi) is 28.0. The molecule has 54 heavy (non-hydrogen) atoms. The molecule has 12 nitrogen and oxygen atoms in total. The van der Waals surface area contributed by atoms with E-state index in [4.69, 9.17) is 28.4 Å². The van der Waals surface area contributed by atoms with Crippen LogP contribution in [0.1, 0.15) is 182 Å². The Hall–Kier alpha value is -3.18. The van der Waals surface area contributed by atoms with Gasteiger partial charge in [-0.25, -0.2) is 0 Å². The Labute approximate surface area is 327 Å². The van der Waals surface area contributed by atoms with E-state index in [1.165, 1.54) is 41.5 Å². The highest BCUT2D eigenvalue weighted by molar-refractivity contribution is 5.68. The lowest BCUT2D eigenvalue weighted by Crippen LogP contribution is -2.36. The predicted octanol–water partition coefficient (Wildman–Crippen LogP) is 9.26. The van der Waals surface area contributed by atoms with Crippen molar-refractivity contribution in [3.63, 3.8) is 0 Å². The number of hydrogen-bond donors (Lipinski definition) is 0. The first-order valence-corrected chi connectivity index (χ1v) is 19.7. The van der Waals surface area contributed by atoms with E-state index in [0.717, 1.165) is 44.9 Å². The molecule has 0 aliphatic heterocycles. The van der Waals surface area contributed by atoms with Gasteiger partial charge in [0.2, 0.25) is 0 Å². The minimum atomic E-state index is -0.484. The normalized spacial score (nSPS) is 17.4. The molecule has 0 heterocycles. The van der Waals surface area contributed by atoms with Crippen LogP contribution < -0.4 is 0 Å². The van der Waals surface area contributed by atoms with Crippen LogP contribution in [0.2, 0.25) is 0 Å². The van der Waals surface area contributed by atoms with Crippen LogP contribution in [0.25, 0.3) is 0 Å². The van der Waals surface area contributed by atoms with Crippen molar-refractivity contribution >= 4 is 35.8 Å². The van der Waals surface area contributed by atoms with E-state index in [1.54, 1.807) is 0 Å². The van der Waals surface area contributed by atoms with Gasteiger partial charge in [-0.1, -0.05) is 41.5 Å². The van der Waals surface area contributed by atoms with Crippen LogP contribution >= 0.6 is 0 Å². The largest absolute Gasteiger partial charge is 0.463 e. The second-order valence-electron chi connectivity index (χ2n) is 15.7. The van der Waals surface area contributed by atoms with Crippen LogP contribution in [0.15, 0.2) is 0 Å². The summed E-state index contributed by atoms with van der Waals surface area (Å²) < 4.78 is 31.5. The van der Waals surface area contributed by atoms with E-state index in [-0.39, 0.29) is 60.0 Å². The summed E-state index contributed by atoms with van der Waals surface area (Å²) in [6.07, 6.45) is 6.89. The van der Waals surface area contributed by atoms with Crippen LogP contribution in [-0.2, 0) is 57.2 Å². The molecule has 0 bridgehead atoms. The fourth-order valence-electron chi connectivity index (χ4n) is 5.37. The molecule has 0 aromatic carbocycles. The van der Waals surface area contributed by atoms with Crippen molar-refractivity contribution < 1.29 is 57.2 Å². The topological polar surface area (TPSA) is 158 Å². The van der Waals surface area contributed by atoms with Crippen LogP contribution in [-0.4, -0.2) is 70.9 Å². The smallest absolute Gasteiger partial charge is 0.303 e. The highest BCUT2D eigenvalue weighted by Crippen LogP contribution is 2.30. The van der Waals surface area contributed by atoms with E-state index in [2.05, 4.69) is 13.8 Å². The number of carbonyl (C=O) groups excluding carboxylic acids is 6. The molecular formula is C42H78O12. The molecule has 0 aromatic rings. The predicted molar refractivity (Wildman–Crippen MR) is 210 cm³/mol. The molecule has 9 unspecified atom stereocenters. The van der Waals surface area contributed by atoms with E-state index >= 15 is 0 Å². The third-order valence-electron chi connectivity index (χ3n) is 10.3. The molecule has 0 aliphatic carbocycles. The van der Waals surface area contributed by atoms with Gasteiger partial charge < -0.3 is 28.4 Å². The van der Waals surface area contributed by atoms with Crippen molar-refractivity contribution in [2.75, 3.05) is 0 Å². The summed E-state index contributed by atoms with van der Waals surface area (Å²) in [5.41, 5.74) is -1.39. The number of carbonyl (C=O) groups is 6. The summed E-state index contributed by atoms with van der Waals surface area (Å²) in [5.74, 6) is -0.675. The third-order valence-corrected chi connectivity index (χ3v) is 10.3. The second kappa shape index (κ2) is 27.4. The average molecular weight is 775 g/mol. The maximum atomic E-state index is 11.1. The molecule has 9 atom stereocenters. The minimum absolute atomic E-state index is 0.0706. The SMILES string of the molecule is CC(=O)OC(C)C(C)CCC(C)C(C)OC(C)=O.CCC(C)(CCC(C)(CC)OC(C)=O)OC(C)=O.CCC(C)(CCC(C)C(C)OC(C)=O)OC(C)=O. The number of ether oxygens (including phenoxy) is 6. The number of esters is 6. The minimum Gasteiger partial charge on any atom is -0.463 e. The molecule has 0 rings (SSSR count). The molecule has 0 aromatic heterocycles. The van der Waals surface area contributed by atoms with Crippen molar-refractivity contribution in [2.45, 2.75) is 218 Å². The molecule has 0 saturated heterocycles. The highest BCUT2D eigenvalue weighted by Gasteiger charge is 2.33. The Morgan fingerprint density at radius 3 is 0.815 bits per heavy atom. The molecule has 0 saturated carbocycles. The van der Waals surface area contributed by atoms with Gasteiger partial charge in [0.05, 0.1) is 0 Å². The summed E-state index contributed by atoms with van der Waals surface area (Å²) >= 11 is 0. The molecule has 0 fully saturated rings. The van der Waals surface area contributed by atoms with E-state index in [9.17, 15) is 28.8 Å². The summed E-state index contributed by atoms with van der Waals surface area (Å²) in [4.78, 5) is 65.8. The van der Waals surface area contributed by atoms with Gasteiger partial charge in [0, 0.05) is 41.5 Å². The van der Waals surface area contributed by atoms with Gasteiger partial charge in [0.15, 0.2) is 0 Å². The molecule has 0 N–H and O–H groups in total. The first kappa shape index (κ1) is 55.2. The highest BCUT2D eigenvalue weighted by atomic mass is 16.6. The van der Waals surface area contributed by atoms with Crippen molar-refractivity contribution in [3.05, 3.63) is 0 Å². The fourth-order valence-corrected chi connectivity index (χ4v) is 5.37. The monoisotopic (exact) mass is 775 g/mol. The average Bonchev–Trinajstić information content (AvgIpc) is 3.03.